The van der Waals surface area contributed by atoms with Gasteiger partial charge in [-0.3, -0.25) is 4.68 Å². The summed E-state index contributed by atoms with van der Waals surface area (Å²) >= 11 is 6.01. The van der Waals surface area contributed by atoms with Crippen molar-refractivity contribution >= 4 is 34.8 Å². The number of pyridine rings is 1. The molecule has 3 heterocycles. The molecule has 2 aromatic carbocycles. The van der Waals surface area contributed by atoms with Gasteiger partial charge < -0.3 is 21.1 Å². The van der Waals surface area contributed by atoms with Gasteiger partial charge in [-0.1, -0.05) is 29.8 Å². The number of carbonyl (C=O) groups is 1. The van der Waals surface area contributed by atoms with E-state index in [4.69, 9.17) is 22.1 Å². The highest BCUT2D eigenvalue weighted by atomic mass is 35.5. The highest BCUT2D eigenvalue weighted by molar-refractivity contribution is 6.30. The first-order chi connectivity index (χ1) is 19.6. The number of aryl methyl sites for hydroxylation is 1. The molecule has 0 radical (unpaired) electrons. The minimum absolute atomic E-state index is 0.00372. The van der Waals surface area contributed by atoms with Crippen LogP contribution in [0, 0.1) is 0 Å². The molecule has 10 nitrogen and oxygen atoms in total. The average Bonchev–Trinajstić information content (AvgIpc) is 3.36. The van der Waals surface area contributed by atoms with E-state index in [-0.39, 0.29) is 17.4 Å². The Labute approximate surface area is 236 Å². The Kier molecular flexibility index (Phi) is 7.44. The summed E-state index contributed by atoms with van der Waals surface area (Å²) in [5, 5.41) is 9.46. The van der Waals surface area contributed by atoms with Gasteiger partial charge >= 0.3 is 18.2 Å². The Morgan fingerprint density at radius 1 is 0.951 bits per heavy atom. The molecular formula is C27H20ClF3N8O2. The maximum absolute atomic E-state index is 13.3. The number of halogens is 4. The normalized spacial score (nSPS) is 11.2. The van der Waals surface area contributed by atoms with Crippen LogP contribution in [0.15, 0.2) is 79.4 Å². The Morgan fingerprint density at radius 3 is 2.34 bits per heavy atom. The third-order valence-electron chi connectivity index (χ3n) is 5.84. The first-order valence-electron chi connectivity index (χ1n) is 11.9. The molecule has 0 aliphatic heterocycles. The molecule has 3 aromatic heterocycles. The second-order valence-corrected chi connectivity index (χ2v) is 9.08. The molecule has 0 saturated heterocycles. The summed E-state index contributed by atoms with van der Waals surface area (Å²) in [6.07, 6.45) is 0.953. The average molecular weight is 581 g/mol. The molecule has 4 N–H and O–H groups in total. The summed E-state index contributed by atoms with van der Waals surface area (Å²) < 4.78 is 47.2. The van der Waals surface area contributed by atoms with Crippen LogP contribution in [0.4, 0.5) is 35.2 Å². The third-order valence-corrected chi connectivity index (χ3v) is 6.04. The number of nitrogens with one attached hydrogen (secondary N) is 2. The lowest BCUT2D eigenvalue weighted by molar-refractivity contribution is -0.137. The van der Waals surface area contributed by atoms with Crippen LogP contribution in [0.25, 0.3) is 22.4 Å². The summed E-state index contributed by atoms with van der Waals surface area (Å²) in [7, 11) is 1.64. The molecule has 5 aromatic rings. The summed E-state index contributed by atoms with van der Waals surface area (Å²) in [6.45, 7) is 0. The third kappa shape index (κ3) is 6.36. The van der Waals surface area contributed by atoms with Gasteiger partial charge in [0.05, 0.1) is 40.0 Å². The van der Waals surface area contributed by atoms with Crippen molar-refractivity contribution in [2.45, 2.75) is 6.18 Å². The lowest BCUT2D eigenvalue weighted by atomic mass is 10.1. The van der Waals surface area contributed by atoms with Crippen molar-refractivity contribution in [3.63, 3.8) is 0 Å². The number of rotatable bonds is 6. The molecule has 0 bridgehead atoms. The van der Waals surface area contributed by atoms with Gasteiger partial charge in [0.2, 0.25) is 0 Å². The van der Waals surface area contributed by atoms with Crippen molar-refractivity contribution in [1.29, 1.82) is 0 Å². The fraction of sp³-hybridized carbons (Fsp3) is 0.0741. The molecule has 2 amide bonds. The van der Waals surface area contributed by atoms with E-state index in [1.54, 1.807) is 43.4 Å². The number of hydrogen-bond donors (Lipinski definition) is 3. The Hall–Kier alpha value is -5.17. The zero-order chi connectivity index (χ0) is 29.1. The molecule has 5 rings (SSSR count). The smallest absolute Gasteiger partial charge is 0.416 e. The van der Waals surface area contributed by atoms with E-state index in [1.807, 2.05) is 0 Å². The first kappa shape index (κ1) is 27.4. The van der Waals surface area contributed by atoms with E-state index in [9.17, 15) is 18.0 Å². The zero-order valence-corrected chi connectivity index (χ0v) is 21.9. The van der Waals surface area contributed by atoms with Gasteiger partial charge in [-0.05, 0) is 42.0 Å². The molecule has 0 aliphatic rings. The summed E-state index contributed by atoms with van der Waals surface area (Å²) in [4.78, 5) is 24.9. The molecule has 0 fully saturated rings. The Bertz CT molecular complexity index is 1710. The van der Waals surface area contributed by atoms with Crippen LogP contribution in [0.5, 0.6) is 11.8 Å². The van der Waals surface area contributed by atoms with Crippen LogP contribution in [0.2, 0.25) is 5.02 Å². The predicted molar refractivity (Wildman–Crippen MR) is 147 cm³/mol. The number of alkyl halides is 3. The fourth-order valence-corrected chi connectivity index (χ4v) is 4.05. The molecule has 0 unspecified atom stereocenters. The molecule has 0 saturated carbocycles. The fourth-order valence-electron chi connectivity index (χ4n) is 3.89. The number of amides is 2. The number of nitrogens with zero attached hydrogens (tertiary/aromatic N) is 5. The van der Waals surface area contributed by atoms with Crippen LogP contribution >= 0.6 is 11.6 Å². The molecule has 41 heavy (non-hydrogen) atoms. The van der Waals surface area contributed by atoms with Gasteiger partial charge in [0.15, 0.2) is 0 Å². The van der Waals surface area contributed by atoms with Crippen LogP contribution in [-0.2, 0) is 13.2 Å². The lowest BCUT2D eigenvalue weighted by Gasteiger charge is -2.15. The van der Waals surface area contributed by atoms with Crippen molar-refractivity contribution in [2.75, 3.05) is 16.4 Å². The van der Waals surface area contributed by atoms with Crippen LogP contribution < -0.4 is 21.1 Å². The summed E-state index contributed by atoms with van der Waals surface area (Å²) in [6, 6.07) is 12.5. The van der Waals surface area contributed by atoms with E-state index >= 15 is 0 Å². The molecule has 14 heteroatoms. The number of carbonyl (C=O) groups excluding carboxylic acids is 1. The van der Waals surface area contributed by atoms with Gasteiger partial charge in [0.1, 0.15) is 11.6 Å². The maximum atomic E-state index is 13.3. The summed E-state index contributed by atoms with van der Waals surface area (Å²) in [5.74, 6) is 0.771. The number of aromatic nitrogens is 5. The van der Waals surface area contributed by atoms with Crippen LogP contribution in [0.1, 0.15) is 5.56 Å². The van der Waals surface area contributed by atoms with Crippen molar-refractivity contribution in [3.05, 3.63) is 90.0 Å². The topological polar surface area (TPSA) is 133 Å². The molecule has 0 spiro atoms. The minimum atomic E-state index is -4.60. The first-order valence-corrected chi connectivity index (χ1v) is 12.2. The predicted octanol–water partition coefficient (Wildman–Crippen LogP) is 6.63. The maximum Gasteiger partial charge on any atom is 0.416 e. The second-order valence-electron chi connectivity index (χ2n) is 8.64. The van der Waals surface area contributed by atoms with Crippen molar-refractivity contribution in [2.24, 2.45) is 7.05 Å². The Morgan fingerprint density at radius 2 is 1.68 bits per heavy atom. The van der Waals surface area contributed by atoms with Crippen LogP contribution in [-0.4, -0.2) is 30.8 Å². The highest BCUT2D eigenvalue weighted by Gasteiger charge is 2.31. The molecular weight excluding hydrogens is 561 g/mol. The number of ether oxygens (including phenoxy) is 1. The van der Waals surface area contributed by atoms with Gasteiger partial charge in [0.25, 0.3) is 0 Å². The van der Waals surface area contributed by atoms with E-state index in [0.29, 0.717) is 33.4 Å². The number of anilines is 3. The molecule has 208 valence electrons. The van der Waals surface area contributed by atoms with Crippen LogP contribution in [0.3, 0.4) is 0 Å². The van der Waals surface area contributed by atoms with Gasteiger partial charge in [0, 0.05) is 30.6 Å². The van der Waals surface area contributed by atoms with Gasteiger partial charge in [-0.15, -0.1) is 0 Å². The number of hydrogen-bond acceptors (Lipinski definition) is 7. The molecule has 0 atom stereocenters. The lowest BCUT2D eigenvalue weighted by Crippen LogP contribution is -2.21. The van der Waals surface area contributed by atoms with Gasteiger partial charge in [-0.2, -0.15) is 18.3 Å². The quantitative estimate of drug-likeness (QED) is 0.205. The van der Waals surface area contributed by atoms with Crippen molar-refractivity contribution in [3.8, 4) is 34.1 Å². The SMILES string of the molecule is Cn1nccc1-c1ccc(C(F)(F)F)cc1NC(=O)Nc1cnc(Oc2ccc(-c3cc(Cl)cnc3N)cc2)nc1. The number of benzene rings is 2. The zero-order valence-electron chi connectivity index (χ0n) is 21.1. The largest absolute Gasteiger partial charge is 0.424 e. The number of urea groups is 1. The second kappa shape index (κ2) is 11.1. The minimum Gasteiger partial charge on any atom is -0.424 e. The Balaban J connectivity index is 1.26. The van der Waals surface area contributed by atoms with E-state index < -0.39 is 17.8 Å². The monoisotopic (exact) mass is 580 g/mol. The van der Waals surface area contributed by atoms with E-state index in [2.05, 4.69) is 30.7 Å². The highest BCUT2D eigenvalue weighted by Crippen LogP contribution is 2.36. The van der Waals surface area contributed by atoms with Crippen molar-refractivity contribution < 1.29 is 22.7 Å². The molecule has 0 aliphatic carbocycles. The number of nitrogen functional groups attached to an aromatic ring is 1. The van der Waals surface area contributed by atoms with E-state index in [1.165, 1.54) is 35.5 Å². The number of nitrogens with two attached hydrogens (primary N) is 1. The van der Waals surface area contributed by atoms with Gasteiger partial charge in [-0.25, -0.2) is 19.7 Å². The van der Waals surface area contributed by atoms with Crippen molar-refractivity contribution in [1.82, 2.24) is 24.7 Å². The summed E-state index contributed by atoms with van der Waals surface area (Å²) in [5.41, 5.74) is 7.47. The standard InChI is InChI=1S/C27H20ClF3N8O2/c1-39-23(8-9-36-39)20-7-4-16(27(29,30)31)10-22(20)38-25(40)37-18-13-34-26(35-14-18)41-19-5-2-15(3-6-19)21-11-17(28)12-33-24(21)32/h2-14H,1H3,(H2,32,33)(H2,37,38,40). The van der Waals surface area contributed by atoms with E-state index in [0.717, 1.165) is 17.7 Å².